The van der Waals surface area contributed by atoms with Crippen LogP contribution in [0.25, 0.3) is 0 Å². The van der Waals surface area contributed by atoms with E-state index in [0.29, 0.717) is 22.4 Å². The van der Waals surface area contributed by atoms with Gasteiger partial charge in [0.25, 0.3) is 5.91 Å². The molecule has 104 valence electrons. The summed E-state index contributed by atoms with van der Waals surface area (Å²) in [4.78, 5) is 12.1. The van der Waals surface area contributed by atoms with Crippen molar-refractivity contribution in [1.82, 2.24) is 5.32 Å². The number of carbonyl (C=O) groups excluding carboxylic acids is 1. The summed E-state index contributed by atoms with van der Waals surface area (Å²) >= 11 is 3.17. The van der Waals surface area contributed by atoms with E-state index in [1.54, 1.807) is 42.5 Å². The minimum absolute atomic E-state index is 0.165. The van der Waals surface area contributed by atoms with Crippen molar-refractivity contribution in [3.63, 3.8) is 0 Å². The molecule has 2 aromatic carbocycles. The number of nitrogens with one attached hydrogen (secondary N) is 1. The van der Waals surface area contributed by atoms with Gasteiger partial charge in [-0.25, -0.2) is 0 Å². The normalized spacial score (nSPS) is 10.1. The number of phenolic OH excluding ortho intramolecular Hbond substituents is 1. The van der Waals surface area contributed by atoms with E-state index in [-0.39, 0.29) is 18.2 Å². The van der Waals surface area contributed by atoms with Gasteiger partial charge in [-0.1, -0.05) is 30.3 Å². The highest BCUT2D eigenvalue weighted by Gasteiger charge is 2.12. The fourth-order valence-electron chi connectivity index (χ4n) is 1.77. The summed E-state index contributed by atoms with van der Waals surface area (Å²) in [6.45, 7) is 0.258. The number of halogens is 1. The third kappa shape index (κ3) is 3.51. The fourth-order valence-corrected chi connectivity index (χ4v) is 2.02. The van der Waals surface area contributed by atoms with Crippen LogP contribution in [0.15, 0.2) is 48.5 Å². The number of phenols is 1. The van der Waals surface area contributed by atoms with Crippen LogP contribution in [0.5, 0.6) is 11.5 Å². The van der Waals surface area contributed by atoms with Gasteiger partial charge in [0.05, 0.1) is 5.56 Å². The van der Waals surface area contributed by atoms with Crippen LogP contribution >= 0.6 is 15.9 Å². The summed E-state index contributed by atoms with van der Waals surface area (Å²) in [5, 5.41) is 12.4. The lowest BCUT2D eigenvalue weighted by Crippen LogP contribution is -2.23. The van der Waals surface area contributed by atoms with Crippen LogP contribution in [0, 0.1) is 0 Å². The largest absolute Gasteiger partial charge is 0.508 e. The van der Waals surface area contributed by atoms with Crippen molar-refractivity contribution in [2.45, 2.75) is 6.54 Å². The molecule has 4 nitrogen and oxygen atoms in total. The van der Waals surface area contributed by atoms with Gasteiger partial charge in [0.15, 0.2) is 0 Å². The number of amides is 1. The molecule has 0 fully saturated rings. The first-order chi connectivity index (χ1) is 9.72. The molecule has 0 saturated carbocycles. The number of ether oxygens (including phenoxy) is 1. The van der Waals surface area contributed by atoms with Crippen molar-refractivity contribution in [2.75, 3.05) is 5.52 Å². The number of para-hydroxylation sites is 2. The third-order valence-electron chi connectivity index (χ3n) is 2.77. The number of rotatable bonds is 5. The maximum absolute atomic E-state index is 12.1. The Labute approximate surface area is 125 Å². The number of hydrogen-bond donors (Lipinski definition) is 2. The Bertz CT molecular complexity index is 601. The van der Waals surface area contributed by atoms with Gasteiger partial charge in [0.1, 0.15) is 17.0 Å². The van der Waals surface area contributed by atoms with Gasteiger partial charge >= 0.3 is 0 Å². The molecular formula is C15H14BrNO3. The lowest BCUT2D eigenvalue weighted by molar-refractivity contribution is 0.0947. The second-order valence-corrected chi connectivity index (χ2v) is 4.52. The van der Waals surface area contributed by atoms with Crippen LogP contribution in [0.3, 0.4) is 0 Å². The van der Waals surface area contributed by atoms with E-state index in [2.05, 4.69) is 21.2 Å². The maximum Gasteiger partial charge on any atom is 0.255 e. The molecule has 0 radical (unpaired) electrons. The summed E-state index contributed by atoms with van der Waals surface area (Å²) in [7, 11) is 0. The van der Waals surface area contributed by atoms with Gasteiger partial charge in [0, 0.05) is 12.1 Å². The van der Waals surface area contributed by atoms with E-state index in [9.17, 15) is 9.90 Å². The Balaban J connectivity index is 2.07. The van der Waals surface area contributed by atoms with Crippen LogP contribution < -0.4 is 10.1 Å². The highest BCUT2D eigenvalue weighted by Crippen LogP contribution is 2.19. The summed E-state index contributed by atoms with van der Waals surface area (Å²) in [6, 6.07) is 13.9. The number of alkyl halides is 1. The number of aromatic hydroxyl groups is 1. The van der Waals surface area contributed by atoms with E-state index >= 15 is 0 Å². The Morgan fingerprint density at radius 1 is 1.15 bits per heavy atom. The quantitative estimate of drug-likeness (QED) is 0.825. The molecule has 0 aliphatic rings. The van der Waals surface area contributed by atoms with Crippen LogP contribution in [0.1, 0.15) is 15.9 Å². The fraction of sp³-hybridized carbons (Fsp3) is 0.133. The van der Waals surface area contributed by atoms with Crippen LogP contribution in [-0.4, -0.2) is 16.5 Å². The number of benzene rings is 2. The zero-order chi connectivity index (χ0) is 14.4. The molecular weight excluding hydrogens is 322 g/mol. The van der Waals surface area contributed by atoms with Crippen LogP contribution in [0.4, 0.5) is 0 Å². The molecule has 0 aromatic heterocycles. The van der Waals surface area contributed by atoms with Crippen molar-refractivity contribution in [3.05, 3.63) is 59.7 Å². The van der Waals surface area contributed by atoms with E-state index < -0.39 is 0 Å². The van der Waals surface area contributed by atoms with Crippen molar-refractivity contribution >= 4 is 21.8 Å². The molecule has 0 saturated heterocycles. The molecule has 0 atom stereocenters. The van der Waals surface area contributed by atoms with Crippen LogP contribution in [-0.2, 0) is 6.54 Å². The van der Waals surface area contributed by atoms with Gasteiger partial charge in [0.2, 0.25) is 0 Å². The molecule has 0 unspecified atom stereocenters. The number of carbonyl (C=O) groups is 1. The third-order valence-corrected chi connectivity index (χ3v) is 3.00. The zero-order valence-electron chi connectivity index (χ0n) is 10.7. The van der Waals surface area contributed by atoms with Crippen molar-refractivity contribution < 1.29 is 14.6 Å². The first kappa shape index (κ1) is 14.4. The highest BCUT2D eigenvalue weighted by atomic mass is 79.9. The highest BCUT2D eigenvalue weighted by molar-refractivity contribution is 9.09. The monoisotopic (exact) mass is 335 g/mol. The van der Waals surface area contributed by atoms with Gasteiger partial charge in [-0.15, -0.1) is 0 Å². The summed E-state index contributed by atoms with van der Waals surface area (Å²) in [5.41, 5.74) is 1.44. The predicted molar refractivity (Wildman–Crippen MR) is 80.1 cm³/mol. The molecule has 1 amide bonds. The van der Waals surface area contributed by atoms with E-state index in [1.165, 1.54) is 0 Å². The van der Waals surface area contributed by atoms with Gasteiger partial charge < -0.3 is 15.2 Å². The summed E-state index contributed by atoms with van der Waals surface area (Å²) in [6.07, 6.45) is 0. The Morgan fingerprint density at radius 2 is 1.85 bits per heavy atom. The molecule has 20 heavy (non-hydrogen) atoms. The van der Waals surface area contributed by atoms with Crippen molar-refractivity contribution in [1.29, 1.82) is 0 Å². The van der Waals surface area contributed by atoms with Gasteiger partial charge in [-0.05, 0) is 34.1 Å². The first-order valence-electron chi connectivity index (χ1n) is 6.05. The maximum atomic E-state index is 12.1. The van der Waals surface area contributed by atoms with Crippen LogP contribution in [0.2, 0.25) is 0 Å². The van der Waals surface area contributed by atoms with Gasteiger partial charge in [-0.3, -0.25) is 4.79 Å². The molecule has 2 N–H and O–H groups in total. The lowest BCUT2D eigenvalue weighted by Gasteiger charge is -2.10. The smallest absolute Gasteiger partial charge is 0.255 e. The zero-order valence-corrected chi connectivity index (χ0v) is 12.3. The molecule has 0 spiro atoms. The lowest BCUT2D eigenvalue weighted by atomic mass is 10.1. The van der Waals surface area contributed by atoms with Crippen molar-refractivity contribution in [3.8, 4) is 11.5 Å². The molecule has 2 rings (SSSR count). The molecule has 2 aromatic rings. The second kappa shape index (κ2) is 6.96. The number of hydrogen-bond acceptors (Lipinski definition) is 3. The average molecular weight is 336 g/mol. The Hall–Kier alpha value is -2.01. The topological polar surface area (TPSA) is 58.6 Å². The minimum Gasteiger partial charge on any atom is -0.508 e. The van der Waals surface area contributed by atoms with E-state index in [0.717, 1.165) is 0 Å². The Morgan fingerprint density at radius 3 is 2.60 bits per heavy atom. The summed E-state index contributed by atoms with van der Waals surface area (Å²) in [5.74, 6) is 0.432. The SMILES string of the molecule is O=C(NCc1ccccc1O)c1ccccc1OCBr. The summed E-state index contributed by atoms with van der Waals surface area (Å²) < 4.78 is 5.34. The second-order valence-electron chi connectivity index (χ2n) is 4.06. The first-order valence-corrected chi connectivity index (χ1v) is 7.17. The molecule has 5 heteroatoms. The molecule has 0 bridgehead atoms. The average Bonchev–Trinajstić information content (AvgIpc) is 2.47. The van der Waals surface area contributed by atoms with Crippen molar-refractivity contribution in [2.24, 2.45) is 0 Å². The predicted octanol–water partition coefficient (Wildman–Crippen LogP) is 3.05. The van der Waals surface area contributed by atoms with Gasteiger partial charge in [-0.2, -0.15) is 0 Å². The Kier molecular flexibility index (Phi) is 5.01. The van der Waals surface area contributed by atoms with E-state index in [4.69, 9.17) is 4.74 Å². The van der Waals surface area contributed by atoms with E-state index in [1.807, 2.05) is 6.07 Å². The molecule has 0 aliphatic carbocycles. The minimum atomic E-state index is -0.246. The molecule has 0 heterocycles. The standard InChI is InChI=1S/C15H14BrNO3/c16-10-20-14-8-4-2-6-12(14)15(19)17-9-11-5-1-3-7-13(11)18/h1-8,18H,9-10H2,(H,17,19). The molecule has 0 aliphatic heterocycles.